The van der Waals surface area contributed by atoms with Gasteiger partial charge in [0.15, 0.2) is 5.82 Å². The van der Waals surface area contributed by atoms with E-state index in [0.717, 1.165) is 5.56 Å². The molecular formula is C20H22FN5O3. The maximum Gasteiger partial charge on any atom is 0.412 e. The number of amides is 1. The van der Waals surface area contributed by atoms with E-state index in [9.17, 15) is 9.18 Å². The van der Waals surface area contributed by atoms with Crippen LogP contribution in [0.4, 0.5) is 9.18 Å². The van der Waals surface area contributed by atoms with Gasteiger partial charge in [0.2, 0.25) is 0 Å². The summed E-state index contributed by atoms with van der Waals surface area (Å²) in [5, 5.41) is 23.2. The molecule has 8 nitrogen and oxygen atoms in total. The van der Waals surface area contributed by atoms with E-state index in [-0.39, 0.29) is 18.2 Å². The van der Waals surface area contributed by atoms with Gasteiger partial charge in [-0.25, -0.2) is 9.18 Å². The molecule has 29 heavy (non-hydrogen) atoms. The van der Waals surface area contributed by atoms with Crippen LogP contribution in [0.15, 0.2) is 36.4 Å². The summed E-state index contributed by atoms with van der Waals surface area (Å²) in [5.41, 5.74) is 2.19. The van der Waals surface area contributed by atoms with Crippen molar-refractivity contribution < 1.29 is 19.0 Å². The monoisotopic (exact) mass is 399 g/mol. The number of tetrazole rings is 1. The van der Waals surface area contributed by atoms with E-state index in [0.29, 0.717) is 29.1 Å². The molecule has 2 aromatic carbocycles. The average molecular weight is 399 g/mol. The lowest BCUT2D eigenvalue weighted by Gasteiger charge is -2.14. The summed E-state index contributed by atoms with van der Waals surface area (Å²) in [5.74, 6) is 0.410. The molecule has 1 aromatic heterocycles. The minimum Gasteiger partial charge on any atom is -0.410 e. The molecule has 0 spiro atoms. The largest absolute Gasteiger partial charge is 0.412 e. The van der Waals surface area contributed by atoms with E-state index >= 15 is 0 Å². The highest BCUT2D eigenvalue weighted by Crippen LogP contribution is 2.30. The van der Waals surface area contributed by atoms with E-state index in [1.807, 2.05) is 6.92 Å². The van der Waals surface area contributed by atoms with E-state index in [1.54, 1.807) is 44.2 Å². The third-order valence-electron chi connectivity index (χ3n) is 4.27. The number of aliphatic hydroxyl groups is 1. The fourth-order valence-corrected chi connectivity index (χ4v) is 2.78. The maximum atomic E-state index is 14.6. The van der Waals surface area contributed by atoms with Crippen LogP contribution in [0, 0.1) is 12.7 Å². The summed E-state index contributed by atoms with van der Waals surface area (Å²) in [6.45, 7) is 5.13. The van der Waals surface area contributed by atoms with Gasteiger partial charge < -0.3 is 15.2 Å². The molecule has 3 aromatic rings. The number of aromatic nitrogens is 4. The zero-order valence-corrected chi connectivity index (χ0v) is 16.4. The molecule has 2 N–H and O–H groups in total. The predicted octanol–water partition coefficient (Wildman–Crippen LogP) is 2.81. The Kier molecular flexibility index (Phi) is 6.18. The van der Waals surface area contributed by atoms with Crippen molar-refractivity contribution in [3.05, 3.63) is 53.6 Å². The molecule has 1 amide bonds. The smallest absolute Gasteiger partial charge is 0.410 e. The van der Waals surface area contributed by atoms with Gasteiger partial charge in [0.05, 0.1) is 18.3 Å². The van der Waals surface area contributed by atoms with Crippen LogP contribution in [-0.2, 0) is 6.42 Å². The predicted molar refractivity (Wildman–Crippen MR) is 104 cm³/mol. The van der Waals surface area contributed by atoms with Gasteiger partial charge in [0, 0.05) is 18.1 Å². The molecule has 1 heterocycles. The third kappa shape index (κ3) is 4.75. The Morgan fingerprint density at radius 1 is 1.31 bits per heavy atom. The lowest BCUT2D eigenvalue weighted by Crippen LogP contribution is -2.37. The molecule has 0 bridgehead atoms. The first kappa shape index (κ1) is 20.4. The molecule has 0 saturated heterocycles. The summed E-state index contributed by atoms with van der Waals surface area (Å²) >= 11 is 0. The Morgan fingerprint density at radius 2 is 2.10 bits per heavy atom. The van der Waals surface area contributed by atoms with E-state index in [4.69, 9.17) is 9.84 Å². The number of carbonyl (C=O) groups excluding carboxylic acids is 1. The number of carbonyl (C=O) groups is 1. The minimum atomic E-state index is -0.730. The van der Waals surface area contributed by atoms with Crippen molar-refractivity contribution in [2.75, 3.05) is 6.61 Å². The number of nitrogens with zero attached hydrogens (tertiary/aromatic N) is 4. The number of hydrogen-bond donors (Lipinski definition) is 2. The van der Waals surface area contributed by atoms with Crippen LogP contribution in [0.3, 0.4) is 0 Å². The van der Waals surface area contributed by atoms with Crippen molar-refractivity contribution in [2.24, 2.45) is 0 Å². The third-order valence-corrected chi connectivity index (χ3v) is 4.27. The molecule has 0 aliphatic carbocycles. The number of aliphatic hydroxyl groups excluding tert-OH is 1. The van der Waals surface area contributed by atoms with Crippen molar-refractivity contribution in [3.63, 3.8) is 0 Å². The number of halogens is 1. The van der Waals surface area contributed by atoms with Crippen LogP contribution in [0.5, 0.6) is 5.75 Å². The van der Waals surface area contributed by atoms with Crippen LogP contribution < -0.4 is 10.1 Å². The first-order valence-electron chi connectivity index (χ1n) is 9.19. The molecule has 0 radical (unpaired) electrons. The van der Waals surface area contributed by atoms with E-state index in [1.165, 1.54) is 10.7 Å². The van der Waals surface area contributed by atoms with Gasteiger partial charge in [0.25, 0.3) is 0 Å². The molecule has 0 aliphatic rings. The highest BCUT2D eigenvalue weighted by molar-refractivity contribution is 5.74. The fourth-order valence-electron chi connectivity index (χ4n) is 2.78. The SMILES string of the molecule is CCc1nnnn1-c1cc(OC(=O)N[C@@H](C)CO)cc(-c2ccc(C)cc2F)c1. The zero-order chi connectivity index (χ0) is 21.0. The molecule has 0 aliphatic heterocycles. The standard InChI is InChI=1S/C20H22FN5O3/c1-4-19-23-24-25-26(19)15-8-14(17-6-5-12(2)7-18(17)21)9-16(10-15)29-20(28)22-13(3)11-27/h5-10,13,27H,4,11H2,1-3H3,(H,22,28)/t13-/m0/s1. The minimum absolute atomic E-state index is 0.192. The van der Waals surface area contributed by atoms with Crippen LogP contribution in [-0.4, -0.2) is 44.1 Å². The van der Waals surface area contributed by atoms with Gasteiger partial charge in [-0.1, -0.05) is 19.1 Å². The second-order valence-corrected chi connectivity index (χ2v) is 6.68. The fraction of sp³-hybridized carbons (Fsp3) is 0.300. The number of rotatable bonds is 6. The summed E-state index contributed by atoms with van der Waals surface area (Å²) in [6.07, 6.45) is -0.146. The Labute approximate surface area is 167 Å². The lowest BCUT2D eigenvalue weighted by atomic mass is 10.0. The normalized spacial score (nSPS) is 11.9. The maximum absolute atomic E-state index is 14.6. The second-order valence-electron chi connectivity index (χ2n) is 6.68. The Hall–Kier alpha value is -3.33. The van der Waals surface area contributed by atoms with Crippen molar-refractivity contribution in [1.82, 2.24) is 25.5 Å². The van der Waals surface area contributed by atoms with Crippen LogP contribution in [0.25, 0.3) is 16.8 Å². The Balaban J connectivity index is 2.06. The summed E-state index contributed by atoms with van der Waals surface area (Å²) in [4.78, 5) is 12.1. The number of hydrogen-bond acceptors (Lipinski definition) is 6. The quantitative estimate of drug-likeness (QED) is 0.661. The first-order valence-corrected chi connectivity index (χ1v) is 9.19. The molecular weight excluding hydrogens is 377 g/mol. The second kappa shape index (κ2) is 8.78. The topological polar surface area (TPSA) is 102 Å². The number of ether oxygens (including phenoxy) is 1. The summed E-state index contributed by atoms with van der Waals surface area (Å²) < 4.78 is 21.4. The van der Waals surface area contributed by atoms with E-state index in [2.05, 4.69) is 20.8 Å². The Morgan fingerprint density at radius 3 is 2.79 bits per heavy atom. The van der Waals surface area contributed by atoms with Crippen LogP contribution in [0.2, 0.25) is 0 Å². The average Bonchev–Trinajstić information content (AvgIpc) is 3.16. The van der Waals surface area contributed by atoms with Gasteiger partial charge >= 0.3 is 6.09 Å². The van der Waals surface area contributed by atoms with Gasteiger partial charge in [0.1, 0.15) is 11.6 Å². The highest BCUT2D eigenvalue weighted by Gasteiger charge is 2.15. The van der Waals surface area contributed by atoms with Gasteiger partial charge in [-0.3, -0.25) is 0 Å². The van der Waals surface area contributed by atoms with E-state index < -0.39 is 12.1 Å². The van der Waals surface area contributed by atoms with Crippen molar-refractivity contribution in [2.45, 2.75) is 33.2 Å². The molecule has 1 atom stereocenters. The lowest BCUT2D eigenvalue weighted by molar-refractivity contribution is 0.186. The molecule has 0 fully saturated rings. The number of nitrogens with one attached hydrogen (secondary N) is 1. The molecule has 0 saturated carbocycles. The van der Waals surface area contributed by atoms with Gasteiger partial charge in [-0.15, -0.1) is 5.10 Å². The highest BCUT2D eigenvalue weighted by atomic mass is 19.1. The molecule has 152 valence electrons. The molecule has 9 heteroatoms. The summed E-state index contributed by atoms with van der Waals surface area (Å²) in [6, 6.07) is 9.32. The van der Waals surface area contributed by atoms with Crippen molar-refractivity contribution >= 4 is 6.09 Å². The zero-order valence-electron chi connectivity index (χ0n) is 16.4. The van der Waals surface area contributed by atoms with Gasteiger partial charge in [-0.05, 0) is 53.6 Å². The summed E-state index contributed by atoms with van der Waals surface area (Å²) in [7, 11) is 0. The Bertz CT molecular complexity index is 1020. The molecule has 3 rings (SSSR count). The first-order chi connectivity index (χ1) is 13.9. The number of aryl methyl sites for hydroxylation is 2. The van der Waals surface area contributed by atoms with Gasteiger partial charge in [-0.2, -0.15) is 4.68 Å². The van der Waals surface area contributed by atoms with Crippen molar-refractivity contribution in [3.8, 4) is 22.6 Å². The number of benzene rings is 2. The van der Waals surface area contributed by atoms with Crippen molar-refractivity contribution in [1.29, 1.82) is 0 Å². The van der Waals surface area contributed by atoms with Crippen LogP contribution in [0.1, 0.15) is 25.2 Å². The molecule has 0 unspecified atom stereocenters. The van der Waals surface area contributed by atoms with Crippen LogP contribution >= 0.6 is 0 Å².